The molecule has 0 aromatic rings. The van der Waals surface area contributed by atoms with Crippen molar-refractivity contribution in [3.8, 4) is 6.07 Å². The SMILES string of the molecule is N#CC(CO)OC(CC(=O)O)(CC(=O)O)C(=O)O.[H-].[Na+]. The summed E-state index contributed by atoms with van der Waals surface area (Å²) in [5.41, 5.74) is -2.60. The molecule has 0 aliphatic carbocycles. The minimum absolute atomic E-state index is 0. The maximum atomic E-state index is 11.0. The van der Waals surface area contributed by atoms with Crippen molar-refractivity contribution in [1.29, 1.82) is 5.26 Å². The maximum Gasteiger partial charge on any atom is 1.00 e. The van der Waals surface area contributed by atoms with E-state index in [1.165, 1.54) is 6.07 Å². The Morgan fingerprint density at radius 1 is 1.21 bits per heavy atom. The number of aliphatic hydroxyl groups excluding tert-OH is 1. The second-order valence-corrected chi connectivity index (χ2v) is 3.36. The third-order valence-electron chi connectivity index (χ3n) is 1.94. The molecule has 1 atom stereocenters. The molecule has 102 valence electrons. The third kappa shape index (κ3) is 6.51. The summed E-state index contributed by atoms with van der Waals surface area (Å²) >= 11 is 0. The van der Waals surface area contributed by atoms with Crippen molar-refractivity contribution in [3.63, 3.8) is 0 Å². The van der Waals surface area contributed by atoms with Gasteiger partial charge in [0.2, 0.25) is 0 Å². The van der Waals surface area contributed by atoms with E-state index in [1.54, 1.807) is 0 Å². The first-order valence-corrected chi connectivity index (χ1v) is 4.62. The molecular formula is C9H12NNaO8. The van der Waals surface area contributed by atoms with E-state index in [4.69, 9.17) is 25.7 Å². The first kappa shape index (κ1) is 20.1. The zero-order chi connectivity index (χ0) is 14.3. The van der Waals surface area contributed by atoms with Crippen molar-refractivity contribution in [2.45, 2.75) is 24.5 Å². The summed E-state index contributed by atoms with van der Waals surface area (Å²) in [6.45, 7) is -0.884. The Hall–Kier alpha value is -1.18. The number of carboxylic acid groups (broad SMARTS) is 3. The van der Waals surface area contributed by atoms with E-state index in [0.717, 1.165) is 0 Å². The van der Waals surface area contributed by atoms with Crippen molar-refractivity contribution in [1.82, 2.24) is 0 Å². The van der Waals surface area contributed by atoms with Crippen LogP contribution in [0.4, 0.5) is 0 Å². The summed E-state index contributed by atoms with van der Waals surface area (Å²) in [6.07, 6.45) is -3.92. The Labute approximate surface area is 131 Å². The van der Waals surface area contributed by atoms with Crippen LogP contribution < -0.4 is 29.6 Å². The van der Waals surface area contributed by atoms with Gasteiger partial charge in [0.15, 0.2) is 11.7 Å². The molecule has 0 fully saturated rings. The number of rotatable bonds is 8. The minimum Gasteiger partial charge on any atom is -1.00 e. The van der Waals surface area contributed by atoms with E-state index in [1.807, 2.05) is 0 Å². The average Bonchev–Trinajstić information content (AvgIpc) is 2.23. The molecule has 0 saturated heterocycles. The van der Waals surface area contributed by atoms with Crippen LogP contribution in [0.5, 0.6) is 0 Å². The van der Waals surface area contributed by atoms with E-state index >= 15 is 0 Å². The van der Waals surface area contributed by atoms with Crippen molar-refractivity contribution in [2.75, 3.05) is 6.61 Å². The number of aliphatic carboxylic acids is 3. The molecule has 0 aliphatic rings. The summed E-state index contributed by atoms with van der Waals surface area (Å²) in [6, 6.07) is 1.39. The van der Waals surface area contributed by atoms with Crippen LogP contribution in [0.1, 0.15) is 14.3 Å². The minimum atomic E-state index is -2.60. The molecule has 0 aromatic heterocycles. The van der Waals surface area contributed by atoms with Crippen molar-refractivity contribution in [2.24, 2.45) is 0 Å². The van der Waals surface area contributed by atoms with Gasteiger partial charge in [-0.25, -0.2) is 4.79 Å². The van der Waals surface area contributed by atoms with Crippen LogP contribution >= 0.6 is 0 Å². The topological polar surface area (TPSA) is 165 Å². The number of nitriles is 1. The number of hydrogen-bond acceptors (Lipinski definition) is 6. The summed E-state index contributed by atoms with van der Waals surface area (Å²) in [7, 11) is 0. The van der Waals surface area contributed by atoms with Crippen molar-refractivity contribution in [3.05, 3.63) is 0 Å². The molecule has 0 aromatic carbocycles. The van der Waals surface area contributed by atoms with Gasteiger partial charge in [0.05, 0.1) is 25.5 Å². The molecule has 0 heterocycles. The molecule has 10 heteroatoms. The number of nitrogens with zero attached hydrogens (tertiary/aromatic N) is 1. The van der Waals surface area contributed by atoms with E-state index < -0.39 is 49.1 Å². The second kappa shape index (κ2) is 8.84. The molecule has 0 saturated carbocycles. The van der Waals surface area contributed by atoms with Crippen LogP contribution in [0.25, 0.3) is 0 Å². The monoisotopic (exact) mass is 285 g/mol. The first-order chi connectivity index (χ1) is 8.27. The van der Waals surface area contributed by atoms with Gasteiger partial charge in [-0.15, -0.1) is 0 Å². The normalized spacial score (nSPS) is 11.8. The fourth-order valence-electron chi connectivity index (χ4n) is 1.21. The predicted octanol–water partition coefficient (Wildman–Crippen LogP) is -4.22. The Morgan fingerprint density at radius 3 is 1.84 bits per heavy atom. The molecule has 4 N–H and O–H groups in total. The fraction of sp³-hybridized carbons (Fsp3) is 0.556. The molecule has 9 nitrogen and oxygen atoms in total. The summed E-state index contributed by atoms with van der Waals surface area (Å²) < 4.78 is 4.65. The summed E-state index contributed by atoms with van der Waals surface area (Å²) in [4.78, 5) is 32.2. The van der Waals surface area contributed by atoms with Gasteiger partial charge in [-0.1, -0.05) is 0 Å². The van der Waals surface area contributed by atoms with Crippen LogP contribution in [0, 0.1) is 11.3 Å². The van der Waals surface area contributed by atoms with Crippen LogP contribution in [-0.4, -0.2) is 56.6 Å². The summed E-state index contributed by atoms with van der Waals surface area (Å²) in [5.74, 6) is -5.04. The van der Waals surface area contributed by atoms with Gasteiger partial charge in [-0.2, -0.15) is 5.26 Å². The second-order valence-electron chi connectivity index (χ2n) is 3.36. The molecular weight excluding hydrogens is 273 g/mol. The summed E-state index contributed by atoms with van der Waals surface area (Å²) in [5, 5.41) is 43.3. The Balaban J connectivity index is -0.00000144. The van der Waals surface area contributed by atoms with Gasteiger partial charge < -0.3 is 26.6 Å². The molecule has 0 bridgehead atoms. The zero-order valence-electron chi connectivity index (χ0n) is 11.1. The van der Waals surface area contributed by atoms with Crippen LogP contribution in [-0.2, 0) is 19.1 Å². The van der Waals surface area contributed by atoms with Gasteiger partial charge >= 0.3 is 47.5 Å². The zero-order valence-corrected chi connectivity index (χ0v) is 12.1. The van der Waals surface area contributed by atoms with Gasteiger partial charge in [0.25, 0.3) is 0 Å². The van der Waals surface area contributed by atoms with Gasteiger partial charge in [0, 0.05) is 0 Å². The Kier molecular flexibility index (Phi) is 9.37. The van der Waals surface area contributed by atoms with Crippen LogP contribution in [0.2, 0.25) is 0 Å². The first-order valence-electron chi connectivity index (χ1n) is 4.62. The number of aliphatic hydroxyl groups is 1. The average molecular weight is 285 g/mol. The smallest absolute Gasteiger partial charge is 1.00 e. The predicted molar refractivity (Wildman–Crippen MR) is 53.6 cm³/mol. The number of carboxylic acids is 3. The maximum absolute atomic E-state index is 11.0. The molecule has 0 spiro atoms. The van der Waals surface area contributed by atoms with Gasteiger partial charge in [-0.05, 0) is 0 Å². The van der Waals surface area contributed by atoms with Crippen LogP contribution in [0.3, 0.4) is 0 Å². The molecule has 1 unspecified atom stereocenters. The van der Waals surface area contributed by atoms with Crippen molar-refractivity contribution < 1.29 is 70.5 Å². The van der Waals surface area contributed by atoms with Crippen LogP contribution in [0.15, 0.2) is 0 Å². The number of hydrogen-bond donors (Lipinski definition) is 4. The van der Waals surface area contributed by atoms with Crippen molar-refractivity contribution >= 4 is 17.9 Å². The molecule has 0 aliphatic heterocycles. The number of ether oxygens (including phenoxy) is 1. The Bertz CT molecular complexity index is 380. The largest absolute Gasteiger partial charge is 1.00 e. The van der Waals surface area contributed by atoms with Gasteiger partial charge in [0.1, 0.15) is 0 Å². The van der Waals surface area contributed by atoms with E-state index in [2.05, 4.69) is 4.74 Å². The molecule has 0 amide bonds. The fourth-order valence-corrected chi connectivity index (χ4v) is 1.21. The standard InChI is InChI=1S/C9H11NO8.Na.H/c10-3-5(4-11)18-9(8(16)17,1-6(12)13)2-7(14)15;;/h5,11H,1-2,4H2,(H,12,13)(H,14,15)(H,16,17);;/q;+1;-1. The van der Waals surface area contributed by atoms with E-state index in [0.29, 0.717) is 0 Å². The quantitative estimate of drug-likeness (QED) is 0.323. The Morgan fingerprint density at radius 2 is 1.63 bits per heavy atom. The van der Waals surface area contributed by atoms with Gasteiger partial charge in [-0.3, -0.25) is 9.59 Å². The number of carbonyl (C=O) groups is 3. The third-order valence-corrected chi connectivity index (χ3v) is 1.94. The molecule has 19 heavy (non-hydrogen) atoms. The van der Waals surface area contributed by atoms with E-state index in [9.17, 15) is 14.4 Å². The molecule has 0 radical (unpaired) electrons. The molecule has 0 rings (SSSR count). The van der Waals surface area contributed by atoms with E-state index in [-0.39, 0.29) is 31.0 Å².